The molecule has 0 N–H and O–H groups in total. The molecule has 2 rings (SSSR count). The Kier molecular flexibility index (Phi) is 3.09. The number of hydrogen-bond donors (Lipinski definition) is 0. The molecule has 0 radical (unpaired) electrons. The number of furan rings is 1. The van der Waals surface area contributed by atoms with Crippen LogP contribution >= 0.6 is 0 Å². The normalized spacial score (nSPS) is 10.2. The zero-order valence-corrected chi connectivity index (χ0v) is 9.30. The Hall–Kier alpha value is -2.30. The van der Waals surface area contributed by atoms with Crippen LogP contribution in [0.2, 0.25) is 0 Å². The Balaban J connectivity index is 2.56. The minimum absolute atomic E-state index is 0.0229. The highest BCUT2D eigenvalue weighted by Gasteiger charge is 2.22. The van der Waals surface area contributed by atoms with Gasteiger partial charge < -0.3 is 13.9 Å². The third-order valence-corrected chi connectivity index (χ3v) is 2.11. The van der Waals surface area contributed by atoms with Gasteiger partial charge in [-0.25, -0.2) is 4.79 Å². The first kappa shape index (κ1) is 11.2. The van der Waals surface area contributed by atoms with Crippen molar-refractivity contribution in [2.45, 2.75) is 6.92 Å². The predicted molar refractivity (Wildman–Crippen MR) is 60.8 cm³/mol. The fraction of sp³-hybridized carbons (Fsp3) is 0.167. The number of pyridine rings is 1. The van der Waals surface area contributed by atoms with Crippen molar-refractivity contribution in [1.29, 1.82) is 0 Å². The summed E-state index contributed by atoms with van der Waals surface area (Å²) < 4.78 is 15.4. The monoisotopic (exact) mass is 233 g/mol. The van der Waals surface area contributed by atoms with Gasteiger partial charge in [0.05, 0.1) is 24.5 Å². The number of nitrogens with zero attached hydrogens (tertiary/aromatic N) is 1. The summed E-state index contributed by atoms with van der Waals surface area (Å²) in [5, 5.41) is 0.656. The summed E-state index contributed by atoms with van der Waals surface area (Å²) in [6, 6.07) is 1.69. The first-order chi connectivity index (χ1) is 8.27. The minimum Gasteiger partial charge on any atom is -0.461 e. The Morgan fingerprint density at radius 2 is 2.47 bits per heavy atom. The molecule has 0 atom stereocenters. The van der Waals surface area contributed by atoms with E-state index in [2.05, 4.69) is 11.6 Å². The Labute approximate surface area is 97.7 Å². The molecule has 17 heavy (non-hydrogen) atoms. The molecule has 0 saturated carbocycles. The fourth-order valence-corrected chi connectivity index (χ4v) is 1.46. The van der Waals surface area contributed by atoms with Gasteiger partial charge in [-0.15, -0.1) is 0 Å². The average molecular weight is 233 g/mol. The molecule has 0 spiro atoms. The minimum atomic E-state index is -0.569. The third-order valence-electron chi connectivity index (χ3n) is 2.11. The molecule has 0 aliphatic carbocycles. The van der Waals surface area contributed by atoms with E-state index in [0.29, 0.717) is 16.7 Å². The summed E-state index contributed by atoms with van der Waals surface area (Å²) in [6.45, 7) is 5.44. The Morgan fingerprint density at radius 3 is 3.18 bits per heavy atom. The van der Waals surface area contributed by atoms with Crippen molar-refractivity contribution in [1.82, 2.24) is 4.98 Å². The standard InChI is InChI=1S/C12H11NO4/c1-3-15-10-8-5-6-13-7-9(8)17-11(10)12(14)16-4-2/h3,5-7H,1,4H2,2H3. The smallest absolute Gasteiger partial charge is 0.378 e. The van der Waals surface area contributed by atoms with E-state index in [0.717, 1.165) is 0 Å². The van der Waals surface area contributed by atoms with Crippen LogP contribution in [0.15, 0.2) is 35.7 Å². The third kappa shape index (κ3) is 1.99. The first-order valence-electron chi connectivity index (χ1n) is 5.09. The molecule has 0 amide bonds. The maximum Gasteiger partial charge on any atom is 0.378 e. The van der Waals surface area contributed by atoms with Gasteiger partial charge in [0, 0.05) is 6.20 Å². The van der Waals surface area contributed by atoms with Crippen LogP contribution in [-0.2, 0) is 4.74 Å². The van der Waals surface area contributed by atoms with Gasteiger partial charge in [-0.3, -0.25) is 4.98 Å². The van der Waals surface area contributed by atoms with Crippen molar-refractivity contribution in [3.63, 3.8) is 0 Å². The highest BCUT2D eigenvalue weighted by Crippen LogP contribution is 2.33. The maximum atomic E-state index is 11.7. The number of carbonyl (C=O) groups excluding carboxylic acids is 1. The molecule has 0 aliphatic rings. The van der Waals surface area contributed by atoms with Crippen LogP contribution in [-0.4, -0.2) is 17.6 Å². The molecule has 2 aromatic rings. The van der Waals surface area contributed by atoms with E-state index in [9.17, 15) is 4.79 Å². The SMILES string of the molecule is C=COc1c(C(=O)OCC)oc2cnccc12. The number of ether oxygens (including phenoxy) is 2. The van der Waals surface area contributed by atoms with Gasteiger partial charge in [0.25, 0.3) is 5.76 Å². The lowest BCUT2D eigenvalue weighted by molar-refractivity contribution is 0.0489. The summed E-state index contributed by atoms with van der Waals surface area (Å²) in [5.74, 6) is -0.244. The lowest BCUT2D eigenvalue weighted by Crippen LogP contribution is -2.04. The van der Waals surface area contributed by atoms with E-state index in [4.69, 9.17) is 13.9 Å². The molecule has 0 saturated heterocycles. The lowest BCUT2D eigenvalue weighted by atomic mass is 10.3. The van der Waals surface area contributed by atoms with E-state index >= 15 is 0 Å². The molecular formula is C12H11NO4. The fourth-order valence-electron chi connectivity index (χ4n) is 1.46. The molecule has 88 valence electrons. The Bertz CT molecular complexity index is 559. The highest BCUT2D eigenvalue weighted by atomic mass is 16.6. The summed E-state index contributed by atoms with van der Waals surface area (Å²) in [6.07, 6.45) is 4.32. The van der Waals surface area contributed by atoms with Crippen molar-refractivity contribution in [2.24, 2.45) is 0 Å². The summed E-state index contributed by atoms with van der Waals surface area (Å²) in [4.78, 5) is 15.6. The van der Waals surface area contributed by atoms with Crippen LogP contribution in [0.1, 0.15) is 17.5 Å². The van der Waals surface area contributed by atoms with Crippen molar-refractivity contribution in [3.8, 4) is 5.75 Å². The highest BCUT2D eigenvalue weighted by molar-refractivity contribution is 5.98. The zero-order valence-electron chi connectivity index (χ0n) is 9.30. The van der Waals surface area contributed by atoms with Gasteiger partial charge in [-0.1, -0.05) is 6.58 Å². The molecule has 0 fully saturated rings. The molecule has 5 nitrogen and oxygen atoms in total. The molecule has 0 aliphatic heterocycles. The van der Waals surface area contributed by atoms with Gasteiger partial charge in [0.2, 0.25) is 0 Å². The second kappa shape index (κ2) is 4.69. The first-order valence-corrected chi connectivity index (χ1v) is 5.09. The van der Waals surface area contributed by atoms with Crippen molar-refractivity contribution in [3.05, 3.63) is 37.1 Å². The summed E-state index contributed by atoms with van der Waals surface area (Å²) in [5.41, 5.74) is 0.465. The van der Waals surface area contributed by atoms with E-state index in [1.807, 2.05) is 0 Å². The second-order valence-corrected chi connectivity index (χ2v) is 3.14. The molecule has 0 unspecified atom stereocenters. The number of aromatic nitrogens is 1. The zero-order chi connectivity index (χ0) is 12.3. The average Bonchev–Trinajstić information content (AvgIpc) is 2.70. The van der Waals surface area contributed by atoms with Gasteiger partial charge in [0.15, 0.2) is 11.3 Å². The Morgan fingerprint density at radius 1 is 1.65 bits per heavy atom. The van der Waals surface area contributed by atoms with Crippen LogP contribution in [0.25, 0.3) is 11.0 Å². The van der Waals surface area contributed by atoms with E-state index in [-0.39, 0.29) is 12.4 Å². The second-order valence-electron chi connectivity index (χ2n) is 3.14. The molecule has 0 aromatic carbocycles. The number of esters is 1. The molecule has 2 heterocycles. The molecule has 0 bridgehead atoms. The van der Waals surface area contributed by atoms with Gasteiger partial charge in [0.1, 0.15) is 0 Å². The van der Waals surface area contributed by atoms with Crippen LogP contribution in [0.4, 0.5) is 0 Å². The van der Waals surface area contributed by atoms with Gasteiger partial charge >= 0.3 is 5.97 Å². The number of hydrogen-bond acceptors (Lipinski definition) is 5. The summed E-state index contributed by atoms with van der Waals surface area (Å²) >= 11 is 0. The van der Waals surface area contributed by atoms with E-state index in [1.54, 1.807) is 19.2 Å². The van der Waals surface area contributed by atoms with Crippen LogP contribution < -0.4 is 4.74 Å². The van der Waals surface area contributed by atoms with Gasteiger partial charge in [-0.2, -0.15) is 0 Å². The van der Waals surface area contributed by atoms with Crippen molar-refractivity contribution >= 4 is 16.9 Å². The van der Waals surface area contributed by atoms with Gasteiger partial charge in [-0.05, 0) is 13.0 Å². The number of rotatable bonds is 4. The summed E-state index contributed by atoms with van der Waals surface area (Å²) in [7, 11) is 0. The van der Waals surface area contributed by atoms with Crippen molar-refractivity contribution in [2.75, 3.05) is 6.61 Å². The number of fused-ring (bicyclic) bond motifs is 1. The number of carbonyl (C=O) groups is 1. The quantitative estimate of drug-likeness (QED) is 0.599. The lowest BCUT2D eigenvalue weighted by Gasteiger charge is -2.01. The maximum absolute atomic E-state index is 11.7. The van der Waals surface area contributed by atoms with E-state index in [1.165, 1.54) is 12.5 Å². The van der Waals surface area contributed by atoms with Crippen LogP contribution in [0.5, 0.6) is 5.75 Å². The van der Waals surface area contributed by atoms with Crippen LogP contribution in [0, 0.1) is 0 Å². The van der Waals surface area contributed by atoms with Crippen LogP contribution in [0.3, 0.4) is 0 Å². The molecule has 5 heteroatoms. The molecular weight excluding hydrogens is 222 g/mol. The largest absolute Gasteiger partial charge is 0.461 e. The topological polar surface area (TPSA) is 61.6 Å². The van der Waals surface area contributed by atoms with E-state index < -0.39 is 5.97 Å². The molecule has 2 aromatic heterocycles. The predicted octanol–water partition coefficient (Wildman–Crippen LogP) is 2.53. The van der Waals surface area contributed by atoms with Crippen molar-refractivity contribution < 1.29 is 18.7 Å².